The zero-order valence-electron chi connectivity index (χ0n) is 29.3. The highest BCUT2D eigenvalue weighted by molar-refractivity contribution is 5.70. The van der Waals surface area contributed by atoms with Gasteiger partial charge < -0.3 is 19.3 Å². The zero-order valence-corrected chi connectivity index (χ0v) is 29.3. The maximum absolute atomic E-state index is 12.2. The van der Waals surface area contributed by atoms with E-state index in [2.05, 4.69) is 26.0 Å². The summed E-state index contributed by atoms with van der Waals surface area (Å²) in [6.07, 6.45) is 35.6. The first-order chi connectivity index (χ1) is 22.5. The predicted molar refractivity (Wildman–Crippen MR) is 188 cm³/mol. The highest BCUT2D eigenvalue weighted by Crippen LogP contribution is 2.18. The van der Waals surface area contributed by atoms with Gasteiger partial charge in [-0.2, -0.15) is 0 Å². The van der Waals surface area contributed by atoms with Crippen molar-refractivity contribution in [3.8, 4) is 0 Å². The fraction of sp³-hybridized carbons (Fsp3) is 0.718. The number of hydrogen-bond donors (Lipinski definition) is 1. The highest BCUT2D eigenvalue weighted by Gasteiger charge is 2.14. The predicted octanol–water partition coefficient (Wildman–Crippen LogP) is 9.82. The number of esters is 3. The number of ether oxygens (including phenoxy) is 3. The summed E-state index contributed by atoms with van der Waals surface area (Å²) in [5, 5.41) is 9.02. The number of allylic oxidation sites excluding steroid dienone is 6. The summed E-state index contributed by atoms with van der Waals surface area (Å²) >= 11 is 0. The van der Waals surface area contributed by atoms with Gasteiger partial charge in [-0.3, -0.25) is 14.4 Å². The lowest BCUT2D eigenvalue weighted by atomic mass is 10.0. The first kappa shape index (κ1) is 43.3. The Labute approximate surface area is 280 Å². The average molecular weight is 647 g/mol. The summed E-state index contributed by atoms with van der Waals surface area (Å²) < 4.78 is 16.3. The van der Waals surface area contributed by atoms with E-state index in [0.29, 0.717) is 32.5 Å². The number of carbonyl (C=O) groups is 3. The van der Waals surface area contributed by atoms with E-state index in [-0.39, 0.29) is 37.0 Å². The summed E-state index contributed by atoms with van der Waals surface area (Å²) in [7, 11) is 0. The molecule has 264 valence electrons. The van der Waals surface area contributed by atoms with E-state index in [1.165, 1.54) is 25.7 Å². The molecule has 0 saturated heterocycles. The second-order valence-corrected chi connectivity index (χ2v) is 11.9. The number of hydrogen-bond acceptors (Lipinski definition) is 7. The van der Waals surface area contributed by atoms with Crippen molar-refractivity contribution in [3.05, 3.63) is 48.6 Å². The standard InChI is InChI=1S/C39H66O7/c1-3-5-7-9-11-19-25-34-44-37(41)30-23-17-13-15-21-28-36(46-39(43)32-27-33-40)29-22-16-14-18-24-31-38(42)45-35-26-20-12-10-8-6-4-2/h9-12,19-20,25-26,36,40H,3-8,13-18,21-24,27-35H2,1-2H3/b11-9+,12-10+,25-19+,26-20+. The molecule has 0 atom stereocenters. The van der Waals surface area contributed by atoms with E-state index in [9.17, 15) is 14.4 Å². The topological polar surface area (TPSA) is 99.1 Å². The van der Waals surface area contributed by atoms with Crippen LogP contribution in [0.5, 0.6) is 0 Å². The number of unbranched alkanes of at least 4 members (excludes halogenated alkanes) is 12. The molecule has 0 aliphatic carbocycles. The fourth-order valence-corrected chi connectivity index (χ4v) is 4.76. The Morgan fingerprint density at radius 3 is 1.39 bits per heavy atom. The third-order valence-electron chi connectivity index (χ3n) is 7.55. The van der Waals surface area contributed by atoms with Gasteiger partial charge in [0.15, 0.2) is 0 Å². The molecule has 0 bridgehead atoms. The van der Waals surface area contributed by atoms with E-state index >= 15 is 0 Å². The first-order valence-electron chi connectivity index (χ1n) is 18.3. The van der Waals surface area contributed by atoms with E-state index in [1.807, 2.05) is 36.5 Å². The Balaban J connectivity index is 4.04. The van der Waals surface area contributed by atoms with Gasteiger partial charge >= 0.3 is 17.9 Å². The van der Waals surface area contributed by atoms with Crippen LogP contribution < -0.4 is 0 Å². The maximum atomic E-state index is 12.2. The van der Waals surface area contributed by atoms with E-state index in [0.717, 1.165) is 89.9 Å². The lowest BCUT2D eigenvalue weighted by molar-refractivity contribution is -0.150. The minimum atomic E-state index is -0.235. The largest absolute Gasteiger partial charge is 0.462 e. The SMILES string of the molecule is CCCC/C=C/C=C/COC(=O)CCCCCCCC(CCCCCCCC(=O)OC/C=C/C=C/CCCC)OC(=O)CCCO. The van der Waals surface area contributed by atoms with E-state index in [4.69, 9.17) is 19.3 Å². The van der Waals surface area contributed by atoms with Crippen molar-refractivity contribution in [1.29, 1.82) is 0 Å². The van der Waals surface area contributed by atoms with E-state index in [1.54, 1.807) is 0 Å². The van der Waals surface area contributed by atoms with Gasteiger partial charge in [-0.15, -0.1) is 0 Å². The molecule has 0 heterocycles. The molecule has 0 spiro atoms. The number of rotatable bonds is 32. The summed E-state index contributed by atoms with van der Waals surface area (Å²) in [5.41, 5.74) is 0. The number of aliphatic hydroxyl groups excluding tert-OH is 1. The van der Waals surface area contributed by atoms with Crippen LogP contribution in [0.25, 0.3) is 0 Å². The molecule has 0 fully saturated rings. The summed E-state index contributed by atoms with van der Waals surface area (Å²) in [6.45, 7) is 4.97. The molecule has 7 nitrogen and oxygen atoms in total. The van der Waals surface area contributed by atoms with Crippen molar-refractivity contribution in [3.63, 3.8) is 0 Å². The number of carbonyl (C=O) groups excluding carboxylic acids is 3. The van der Waals surface area contributed by atoms with Gasteiger partial charge in [0, 0.05) is 25.9 Å². The molecule has 7 heteroatoms. The molecule has 0 aliphatic rings. The summed E-state index contributed by atoms with van der Waals surface area (Å²) in [4.78, 5) is 36.0. The molecule has 0 amide bonds. The summed E-state index contributed by atoms with van der Waals surface area (Å²) in [5.74, 6) is -0.534. The Morgan fingerprint density at radius 2 is 0.935 bits per heavy atom. The number of aliphatic hydroxyl groups is 1. The van der Waals surface area contributed by atoms with Crippen molar-refractivity contribution in [1.82, 2.24) is 0 Å². The van der Waals surface area contributed by atoms with Crippen LogP contribution in [0.3, 0.4) is 0 Å². The van der Waals surface area contributed by atoms with Crippen LogP contribution in [0.1, 0.15) is 155 Å². The second-order valence-electron chi connectivity index (χ2n) is 11.9. The van der Waals surface area contributed by atoms with Gasteiger partial charge in [0.05, 0.1) is 0 Å². The fourth-order valence-electron chi connectivity index (χ4n) is 4.76. The van der Waals surface area contributed by atoms with Crippen molar-refractivity contribution >= 4 is 17.9 Å². The first-order valence-corrected chi connectivity index (χ1v) is 18.3. The minimum Gasteiger partial charge on any atom is -0.462 e. The van der Waals surface area contributed by atoms with Crippen molar-refractivity contribution in [2.24, 2.45) is 0 Å². The minimum absolute atomic E-state index is 0.0127. The average Bonchev–Trinajstić information content (AvgIpc) is 3.05. The van der Waals surface area contributed by atoms with Crippen molar-refractivity contribution in [2.45, 2.75) is 161 Å². The maximum Gasteiger partial charge on any atom is 0.306 e. The summed E-state index contributed by atoms with van der Waals surface area (Å²) in [6, 6.07) is 0. The molecule has 0 unspecified atom stereocenters. The van der Waals surface area contributed by atoms with Gasteiger partial charge in [-0.05, 0) is 69.9 Å². The van der Waals surface area contributed by atoms with Crippen LogP contribution in [0.4, 0.5) is 0 Å². The van der Waals surface area contributed by atoms with Gasteiger partial charge in [0.25, 0.3) is 0 Å². The van der Waals surface area contributed by atoms with Gasteiger partial charge in [-0.1, -0.05) is 115 Å². The monoisotopic (exact) mass is 646 g/mol. The normalized spacial score (nSPS) is 11.9. The van der Waals surface area contributed by atoms with Gasteiger partial charge in [-0.25, -0.2) is 0 Å². The molecule has 0 aromatic rings. The van der Waals surface area contributed by atoms with Crippen molar-refractivity contribution < 1.29 is 33.7 Å². The molecule has 0 rings (SSSR count). The van der Waals surface area contributed by atoms with Crippen LogP contribution in [0, 0.1) is 0 Å². The van der Waals surface area contributed by atoms with E-state index < -0.39 is 0 Å². The highest BCUT2D eigenvalue weighted by atomic mass is 16.5. The molecule has 0 aromatic carbocycles. The molecule has 1 N–H and O–H groups in total. The van der Waals surface area contributed by atoms with Crippen LogP contribution in [0.15, 0.2) is 48.6 Å². The molecule has 46 heavy (non-hydrogen) atoms. The van der Waals surface area contributed by atoms with Crippen LogP contribution >= 0.6 is 0 Å². The van der Waals surface area contributed by atoms with Crippen LogP contribution in [0.2, 0.25) is 0 Å². The Bertz CT molecular complexity index is 785. The lowest BCUT2D eigenvalue weighted by Gasteiger charge is -2.18. The Kier molecular flexibility index (Phi) is 33.1. The zero-order chi connectivity index (χ0) is 33.8. The molecule has 0 aromatic heterocycles. The van der Waals surface area contributed by atoms with Gasteiger partial charge in [0.2, 0.25) is 0 Å². The molecule has 0 aliphatic heterocycles. The van der Waals surface area contributed by atoms with Crippen LogP contribution in [-0.4, -0.2) is 48.9 Å². The quantitative estimate of drug-likeness (QED) is 0.0336. The Hall–Kier alpha value is -2.67. The third-order valence-corrected chi connectivity index (χ3v) is 7.55. The Morgan fingerprint density at radius 1 is 0.522 bits per heavy atom. The molecular weight excluding hydrogens is 580 g/mol. The molecule has 0 saturated carbocycles. The second kappa shape index (κ2) is 35.2. The van der Waals surface area contributed by atoms with Crippen molar-refractivity contribution in [2.75, 3.05) is 19.8 Å². The lowest BCUT2D eigenvalue weighted by Crippen LogP contribution is -2.18. The molecular formula is C39H66O7. The smallest absolute Gasteiger partial charge is 0.306 e. The molecule has 0 radical (unpaired) electrons. The van der Waals surface area contributed by atoms with Crippen LogP contribution in [-0.2, 0) is 28.6 Å². The van der Waals surface area contributed by atoms with Gasteiger partial charge in [0.1, 0.15) is 19.3 Å². The third kappa shape index (κ3) is 32.7.